The Morgan fingerprint density at radius 2 is 2.06 bits per heavy atom. The largest absolute Gasteiger partial charge is 0.508 e. The van der Waals surface area contributed by atoms with Crippen molar-refractivity contribution in [3.05, 3.63) is 69.4 Å². The predicted octanol–water partition coefficient (Wildman–Crippen LogP) is 4.55. The van der Waals surface area contributed by atoms with E-state index in [1.807, 2.05) is 18.2 Å². The van der Waals surface area contributed by atoms with Gasteiger partial charge in [0.1, 0.15) is 11.3 Å². The average Bonchev–Trinajstić information content (AvgIpc) is 3.50. The van der Waals surface area contributed by atoms with E-state index in [4.69, 9.17) is 0 Å². The molecule has 3 aliphatic rings. The lowest BCUT2D eigenvalue weighted by molar-refractivity contribution is -0.383. The van der Waals surface area contributed by atoms with E-state index in [0.29, 0.717) is 17.2 Å². The first-order valence-electron chi connectivity index (χ1n) is 11.3. The molecule has 2 heterocycles. The van der Waals surface area contributed by atoms with Crippen molar-refractivity contribution < 1.29 is 10.0 Å². The van der Waals surface area contributed by atoms with Crippen molar-refractivity contribution in [3.8, 4) is 5.75 Å². The number of phenols is 1. The summed E-state index contributed by atoms with van der Waals surface area (Å²) in [6, 6.07) is 13.2. The second-order valence-electron chi connectivity index (χ2n) is 9.78. The molecule has 0 amide bonds. The fourth-order valence-electron chi connectivity index (χ4n) is 6.17. The van der Waals surface area contributed by atoms with E-state index in [-0.39, 0.29) is 16.0 Å². The highest BCUT2D eigenvalue weighted by atomic mass is 16.6. The van der Waals surface area contributed by atoms with Gasteiger partial charge in [0.25, 0.3) is 5.69 Å². The summed E-state index contributed by atoms with van der Waals surface area (Å²) in [5.41, 5.74) is 4.31. The van der Waals surface area contributed by atoms with Crippen LogP contribution in [0.1, 0.15) is 36.1 Å². The molecule has 2 atom stereocenters. The minimum absolute atomic E-state index is 0.0541. The van der Waals surface area contributed by atoms with E-state index < -0.39 is 0 Å². The molecule has 6 nitrogen and oxygen atoms in total. The molecule has 1 aliphatic heterocycles. The molecule has 6 heteroatoms. The van der Waals surface area contributed by atoms with Crippen LogP contribution in [0.25, 0.3) is 10.9 Å². The van der Waals surface area contributed by atoms with Gasteiger partial charge in [0.2, 0.25) is 0 Å². The Labute approximate surface area is 181 Å². The van der Waals surface area contributed by atoms with Crippen LogP contribution in [0, 0.1) is 22.0 Å². The van der Waals surface area contributed by atoms with Gasteiger partial charge < -0.3 is 15.0 Å². The first kappa shape index (κ1) is 18.9. The second kappa shape index (κ2) is 6.82. The van der Waals surface area contributed by atoms with E-state index in [1.54, 1.807) is 18.2 Å². The Hall–Kier alpha value is -2.86. The number of nitrogens with zero attached hydrogens (tertiary/aromatic N) is 2. The highest BCUT2D eigenvalue weighted by Crippen LogP contribution is 2.50. The Morgan fingerprint density at radius 3 is 2.84 bits per heavy atom. The van der Waals surface area contributed by atoms with Crippen LogP contribution in [0.2, 0.25) is 0 Å². The fourth-order valence-corrected chi connectivity index (χ4v) is 6.17. The number of hydrogen-bond donors (Lipinski definition) is 2. The number of nitro groups is 1. The summed E-state index contributed by atoms with van der Waals surface area (Å²) in [7, 11) is 0. The second-order valence-corrected chi connectivity index (χ2v) is 9.78. The van der Waals surface area contributed by atoms with Crippen molar-refractivity contribution in [1.29, 1.82) is 0 Å². The maximum Gasteiger partial charge on any atom is 0.293 e. The third-order valence-electron chi connectivity index (χ3n) is 7.92. The maximum atomic E-state index is 11.6. The number of benzene rings is 2. The summed E-state index contributed by atoms with van der Waals surface area (Å²) < 4.78 is 0. The number of H-pyrrole nitrogens is 1. The van der Waals surface area contributed by atoms with Gasteiger partial charge in [-0.05, 0) is 73.7 Å². The molecular weight excluding hydrogens is 390 g/mol. The zero-order valence-corrected chi connectivity index (χ0v) is 17.5. The standard InChI is InChI=1S/C25H27N3O3/c29-19-4-1-3-17(11-19)25-9-10-27(14-16-7-8-16)15-18(25)12-21-20-5-2-6-23(28(30)31)24(20)26-22(21)13-25/h1-6,11,16,18,26,29H,7-10,12-15H2/t18?,25-/m1/s1. The van der Waals surface area contributed by atoms with Gasteiger partial charge in [-0.15, -0.1) is 0 Å². The van der Waals surface area contributed by atoms with E-state index in [9.17, 15) is 15.2 Å². The highest BCUT2D eigenvalue weighted by Gasteiger charge is 2.48. The Balaban J connectivity index is 1.46. The molecule has 1 aromatic heterocycles. The van der Waals surface area contributed by atoms with Crippen LogP contribution in [0.15, 0.2) is 42.5 Å². The smallest absolute Gasteiger partial charge is 0.293 e. The van der Waals surface area contributed by atoms with E-state index in [1.165, 1.54) is 30.5 Å². The number of nitrogens with one attached hydrogen (secondary N) is 1. The monoisotopic (exact) mass is 417 g/mol. The molecule has 0 radical (unpaired) electrons. The van der Waals surface area contributed by atoms with Gasteiger partial charge in [-0.3, -0.25) is 10.1 Å². The summed E-state index contributed by atoms with van der Waals surface area (Å²) in [4.78, 5) is 17.4. The first-order chi connectivity index (χ1) is 15.0. The van der Waals surface area contributed by atoms with Crippen molar-refractivity contribution in [2.75, 3.05) is 19.6 Å². The van der Waals surface area contributed by atoms with E-state index >= 15 is 0 Å². The summed E-state index contributed by atoms with van der Waals surface area (Å²) in [5.74, 6) is 1.60. The molecule has 160 valence electrons. The lowest BCUT2D eigenvalue weighted by Gasteiger charge is -2.51. The van der Waals surface area contributed by atoms with Gasteiger partial charge in [0, 0.05) is 35.7 Å². The minimum atomic E-state index is -0.292. The molecule has 1 saturated heterocycles. The number of piperidine rings is 1. The van der Waals surface area contributed by atoms with Gasteiger partial charge in [0.05, 0.1) is 4.92 Å². The quantitative estimate of drug-likeness (QED) is 0.482. The molecule has 31 heavy (non-hydrogen) atoms. The van der Waals surface area contributed by atoms with Gasteiger partial charge in [0.15, 0.2) is 0 Å². The molecule has 2 N–H and O–H groups in total. The summed E-state index contributed by atoms with van der Waals surface area (Å²) in [5, 5.41) is 22.8. The zero-order chi connectivity index (χ0) is 21.2. The van der Waals surface area contributed by atoms with Gasteiger partial charge >= 0.3 is 0 Å². The van der Waals surface area contributed by atoms with Crippen LogP contribution >= 0.6 is 0 Å². The Kier molecular flexibility index (Phi) is 4.15. The Bertz CT molecular complexity index is 1180. The highest BCUT2D eigenvalue weighted by molar-refractivity contribution is 5.92. The number of non-ortho nitro benzene ring substituents is 1. The van der Waals surface area contributed by atoms with Crippen molar-refractivity contribution in [1.82, 2.24) is 9.88 Å². The minimum Gasteiger partial charge on any atom is -0.508 e. The van der Waals surface area contributed by atoms with E-state index in [2.05, 4.69) is 16.0 Å². The van der Waals surface area contributed by atoms with Crippen LogP contribution in [-0.4, -0.2) is 39.5 Å². The summed E-state index contributed by atoms with van der Waals surface area (Å²) in [6.45, 7) is 3.31. The molecule has 3 aromatic rings. The molecule has 2 fully saturated rings. The maximum absolute atomic E-state index is 11.6. The Morgan fingerprint density at radius 1 is 1.23 bits per heavy atom. The van der Waals surface area contributed by atoms with Crippen molar-refractivity contribution >= 4 is 16.6 Å². The van der Waals surface area contributed by atoms with Crippen LogP contribution in [0.5, 0.6) is 5.75 Å². The predicted molar refractivity (Wildman–Crippen MR) is 119 cm³/mol. The number of nitro benzene ring substituents is 1. The number of fused-ring (bicyclic) bond motifs is 4. The molecule has 0 spiro atoms. The molecular formula is C25H27N3O3. The molecule has 2 aliphatic carbocycles. The molecule has 2 aromatic carbocycles. The van der Waals surface area contributed by atoms with Gasteiger partial charge in [-0.1, -0.05) is 24.3 Å². The summed E-state index contributed by atoms with van der Waals surface area (Å²) >= 11 is 0. The number of aromatic hydroxyl groups is 1. The van der Waals surface area contributed by atoms with Crippen molar-refractivity contribution in [2.45, 2.75) is 37.5 Å². The topological polar surface area (TPSA) is 82.4 Å². The fraction of sp³-hybridized carbons (Fsp3) is 0.440. The number of hydrogen-bond acceptors (Lipinski definition) is 4. The lowest BCUT2D eigenvalue weighted by atomic mass is 9.58. The van der Waals surface area contributed by atoms with Crippen LogP contribution < -0.4 is 0 Å². The first-order valence-corrected chi connectivity index (χ1v) is 11.3. The number of para-hydroxylation sites is 1. The van der Waals surface area contributed by atoms with Crippen LogP contribution in [-0.2, 0) is 18.3 Å². The number of phenolic OH excluding ortho intramolecular Hbond substituents is 1. The van der Waals surface area contributed by atoms with Crippen molar-refractivity contribution in [3.63, 3.8) is 0 Å². The van der Waals surface area contributed by atoms with Gasteiger partial charge in [-0.25, -0.2) is 0 Å². The summed E-state index contributed by atoms with van der Waals surface area (Å²) in [6.07, 6.45) is 5.50. The van der Waals surface area contributed by atoms with Gasteiger partial charge in [-0.2, -0.15) is 0 Å². The number of rotatable bonds is 4. The van der Waals surface area contributed by atoms with Crippen LogP contribution in [0.4, 0.5) is 5.69 Å². The third-order valence-corrected chi connectivity index (χ3v) is 7.92. The SMILES string of the molecule is O=[N+]([O-])c1cccc2c3c([nH]c12)C[C@@]1(c2cccc(O)c2)CCN(CC2CC2)CC1C3. The van der Waals surface area contributed by atoms with Crippen LogP contribution in [0.3, 0.4) is 0 Å². The number of aromatic nitrogens is 1. The average molecular weight is 418 g/mol. The zero-order valence-electron chi connectivity index (χ0n) is 17.5. The molecule has 1 unspecified atom stereocenters. The molecule has 1 saturated carbocycles. The number of likely N-dealkylation sites (tertiary alicyclic amines) is 1. The number of aromatic amines is 1. The molecule has 6 rings (SSSR count). The van der Waals surface area contributed by atoms with Crippen molar-refractivity contribution in [2.24, 2.45) is 11.8 Å². The molecule has 0 bridgehead atoms. The lowest BCUT2D eigenvalue weighted by Crippen LogP contribution is -2.54. The third kappa shape index (κ3) is 3.04. The van der Waals surface area contributed by atoms with E-state index in [0.717, 1.165) is 49.4 Å². The normalized spacial score (nSPS) is 25.9.